The van der Waals surface area contributed by atoms with Gasteiger partial charge in [0.1, 0.15) is 0 Å². The number of hydrogen-bond acceptors (Lipinski definition) is 2. The fourth-order valence-corrected chi connectivity index (χ4v) is 2.19. The summed E-state index contributed by atoms with van der Waals surface area (Å²) in [5.41, 5.74) is 0. The molecule has 1 fully saturated rings. The summed E-state index contributed by atoms with van der Waals surface area (Å²) in [6, 6.07) is 0.108. The first-order valence-corrected chi connectivity index (χ1v) is 6.02. The summed E-state index contributed by atoms with van der Waals surface area (Å²) < 4.78 is 0. The van der Waals surface area contributed by atoms with E-state index in [1.165, 1.54) is 6.42 Å². The first kappa shape index (κ1) is 12.0. The second-order valence-corrected chi connectivity index (χ2v) is 4.82. The lowest BCUT2D eigenvalue weighted by Crippen LogP contribution is -2.48. The highest BCUT2D eigenvalue weighted by atomic mass is 16.4. The lowest BCUT2D eigenvalue weighted by molar-refractivity contribution is -0.140. The molecule has 2 aliphatic carbocycles. The highest BCUT2D eigenvalue weighted by Gasteiger charge is 2.29. The van der Waals surface area contributed by atoms with Gasteiger partial charge in [0.15, 0.2) is 0 Å². The first-order chi connectivity index (χ1) is 8.08. The largest absolute Gasteiger partial charge is 0.481 e. The maximum Gasteiger partial charge on any atom is 0.317 e. The Labute approximate surface area is 100 Å². The number of hydrogen-bond donors (Lipinski definition) is 2. The molecule has 0 aromatic heterocycles. The van der Waals surface area contributed by atoms with Crippen molar-refractivity contribution >= 4 is 12.0 Å². The molecule has 17 heavy (non-hydrogen) atoms. The molecular weight excluding hydrogens is 220 g/mol. The SMILES string of the molecule is CN(C(=O)NC1C=CC(C(=O)O)C1)C1CCC1. The summed E-state index contributed by atoms with van der Waals surface area (Å²) in [4.78, 5) is 24.3. The molecule has 2 atom stereocenters. The van der Waals surface area contributed by atoms with Crippen LogP contribution in [0, 0.1) is 5.92 Å². The molecule has 94 valence electrons. The van der Waals surface area contributed by atoms with Crippen molar-refractivity contribution in [2.45, 2.75) is 37.8 Å². The van der Waals surface area contributed by atoms with E-state index in [9.17, 15) is 9.59 Å². The zero-order chi connectivity index (χ0) is 12.4. The van der Waals surface area contributed by atoms with Crippen LogP contribution in [0.25, 0.3) is 0 Å². The summed E-state index contributed by atoms with van der Waals surface area (Å²) >= 11 is 0. The molecule has 0 spiro atoms. The van der Waals surface area contributed by atoms with Gasteiger partial charge in [-0.25, -0.2) is 4.79 Å². The highest BCUT2D eigenvalue weighted by Crippen LogP contribution is 2.24. The molecule has 0 aromatic rings. The van der Waals surface area contributed by atoms with Gasteiger partial charge in [-0.05, 0) is 25.7 Å². The molecule has 2 rings (SSSR count). The van der Waals surface area contributed by atoms with Crippen molar-refractivity contribution in [1.82, 2.24) is 10.2 Å². The van der Waals surface area contributed by atoms with Crippen molar-refractivity contribution in [1.29, 1.82) is 0 Å². The van der Waals surface area contributed by atoms with E-state index in [1.807, 2.05) is 0 Å². The van der Waals surface area contributed by atoms with Crippen LogP contribution in [0.3, 0.4) is 0 Å². The number of nitrogens with zero attached hydrogens (tertiary/aromatic N) is 1. The van der Waals surface area contributed by atoms with Gasteiger partial charge in [-0.3, -0.25) is 4.79 Å². The molecule has 5 heteroatoms. The molecule has 2 N–H and O–H groups in total. The molecule has 5 nitrogen and oxygen atoms in total. The molecule has 0 heterocycles. The summed E-state index contributed by atoms with van der Waals surface area (Å²) in [6.07, 6.45) is 7.21. The van der Waals surface area contributed by atoms with Crippen LogP contribution in [0.5, 0.6) is 0 Å². The van der Waals surface area contributed by atoms with Crippen LogP contribution in [0.2, 0.25) is 0 Å². The molecule has 2 aliphatic rings. The van der Waals surface area contributed by atoms with Gasteiger partial charge in [-0.15, -0.1) is 0 Å². The zero-order valence-corrected chi connectivity index (χ0v) is 9.93. The smallest absolute Gasteiger partial charge is 0.317 e. The number of urea groups is 1. The molecule has 0 aliphatic heterocycles. The van der Waals surface area contributed by atoms with Crippen LogP contribution in [0.15, 0.2) is 12.2 Å². The van der Waals surface area contributed by atoms with Crippen LogP contribution in [-0.4, -0.2) is 41.1 Å². The first-order valence-electron chi connectivity index (χ1n) is 6.02. The van der Waals surface area contributed by atoms with E-state index in [1.54, 1.807) is 24.1 Å². The fraction of sp³-hybridized carbons (Fsp3) is 0.667. The minimum Gasteiger partial charge on any atom is -0.481 e. The Bertz CT molecular complexity index is 350. The third kappa shape index (κ3) is 2.60. The van der Waals surface area contributed by atoms with E-state index >= 15 is 0 Å². The van der Waals surface area contributed by atoms with Gasteiger partial charge in [0.05, 0.1) is 12.0 Å². The third-order valence-electron chi connectivity index (χ3n) is 3.65. The van der Waals surface area contributed by atoms with Gasteiger partial charge in [-0.1, -0.05) is 12.2 Å². The van der Waals surface area contributed by atoms with E-state index in [0.29, 0.717) is 12.5 Å². The second-order valence-electron chi connectivity index (χ2n) is 4.82. The van der Waals surface area contributed by atoms with Gasteiger partial charge >= 0.3 is 12.0 Å². The van der Waals surface area contributed by atoms with Crippen molar-refractivity contribution in [3.05, 3.63) is 12.2 Å². The maximum atomic E-state index is 11.8. The van der Waals surface area contributed by atoms with Crippen molar-refractivity contribution in [2.75, 3.05) is 7.05 Å². The van der Waals surface area contributed by atoms with E-state index in [4.69, 9.17) is 5.11 Å². The van der Waals surface area contributed by atoms with E-state index in [2.05, 4.69) is 5.32 Å². The average molecular weight is 238 g/mol. The number of nitrogens with one attached hydrogen (secondary N) is 1. The molecule has 0 aromatic carbocycles. The summed E-state index contributed by atoms with van der Waals surface area (Å²) in [7, 11) is 1.80. The predicted octanol–water partition coefficient (Wildman–Crippen LogP) is 1.21. The Hall–Kier alpha value is -1.52. The second kappa shape index (κ2) is 4.77. The minimum absolute atomic E-state index is 0.101. The average Bonchev–Trinajstić information content (AvgIpc) is 2.63. The number of carbonyl (C=O) groups is 2. The van der Waals surface area contributed by atoms with Crippen LogP contribution in [0.4, 0.5) is 4.79 Å². The molecular formula is C12H18N2O3. The quantitative estimate of drug-likeness (QED) is 0.726. The molecule has 0 saturated heterocycles. The Morgan fingerprint density at radius 1 is 1.35 bits per heavy atom. The van der Waals surface area contributed by atoms with Crippen molar-refractivity contribution in [3.63, 3.8) is 0 Å². The van der Waals surface area contributed by atoms with Gasteiger partial charge in [-0.2, -0.15) is 0 Å². The number of carboxylic acid groups (broad SMARTS) is 1. The molecule has 2 unspecified atom stereocenters. The summed E-state index contributed by atoms with van der Waals surface area (Å²) in [5.74, 6) is -1.29. The molecule has 1 saturated carbocycles. The highest BCUT2D eigenvalue weighted by molar-refractivity contribution is 5.76. The van der Waals surface area contributed by atoms with Gasteiger partial charge < -0.3 is 15.3 Å². The standard InChI is InChI=1S/C12H18N2O3/c1-14(10-3-2-4-10)12(17)13-9-6-5-8(7-9)11(15)16/h5-6,8-10H,2-4,7H2,1H3,(H,13,17)(H,15,16). The molecule has 2 amide bonds. The van der Waals surface area contributed by atoms with E-state index in [0.717, 1.165) is 12.8 Å². The lowest BCUT2D eigenvalue weighted by Gasteiger charge is -2.35. The lowest BCUT2D eigenvalue weighted by atomic mass is 9.92. The van der Waals surface area contributed by atoms with Crippen molar-refractivity contribution in [2.24, 2.45) is 5.92 Å². The van der Waals surface area contributed by atoms with Crippen molar-refractivity contribution < 1.29 is 14.7 Å². The predicted molar refractivity (Wildman–Crippen MR) is 62.6 cm³/mol. The normalized spacial score (nSPS) is 27.6. The Morgan fingerprint density at radius 3 is 2.53 bits per heavy atom. The Morgan fingerprint density at radius 2 is 2.06 bits per heavy atom. The molecule has 0 radical (unpaired) electrons. The maximum absolute atomic E-state index is 11.8. The van der Waals surface area contributed by atoms with Gasteiger partial charge in [0.25, 0.3) is 0 Å². The fourth-order valence-electron chi connectivity index (χ4n) is 2.19. The summed E-state index contributed by atoms with van der Waals surface area (Å²) in [5, 5.41) is 11.7. The van der Waals surface area contributed by atoms with Gasteiger partial charge in [0, 0.05) is 13.1 Å². The zero-order valence-electron chi connectivity index (χ0n) is 9.93. The van der Waals surface area contributed by atoms with Crippen LogP contribution in [-0.2, 0) is 4.79 Å². The summed E-state index contributed by atoms with van der Waals surface area (Å²) in [6.45, 7) is 0. The number of amides is 2. The monoisotopic (exact) mass is 238 g/mol. The van der Waals surface area contributed by atoms with Gasteiger partial charge in [0.2, 0.25) is 0 Å². The number of aliphatic carboxylic acids is 1. The van der Waals surface area contributed by atoms with Crippen molar-refractivity contribution in [3.8, 4) is 0 Å². The van der Waals surface area contributed by atoms with Crippen LogP contribution < -0.4 is 5.32 Å². The number of carbonyl (C=O) groups excluding carboxylic acids is 1. The third-order valence-corrected chi connectivity index (χ3v) is 3.65. The van der Waals surface area contributed by atoms with E-state index in [-0.39, 0.29) is 12.1 Å². The Kier molecular flexibility index (Phi) is 3.36. The van der Waals surface area contributed by atoms with Crippen LogP contribution >= 0.6 is 0 Å². The number of carboxylic acids is 1. The van der Waals surface area contributed by atoms with Crippen LogP contribution in [0.1, 0.15) is 25.7 Å². The van der Waals surface area contributed by atoms with E-state index < -0.39 is 11.9 Å². The minimum atomic E-state index is -0.828. The molecule has 0 bridgehead atoms. The topological polar surface area (TPSA) is 69.6 Å². The number of rotatable bonds is 3. The Balaban J connectivity index is 1.80.